The smallest absolute Gasteiger partial charge is 0.407 e. The van der Waals surface area contributed by atoms with E-state index in [0.29, 0.717) is 26.2 Å². The van der Waals surface area contributed by atoms with E-state index in [2.05, 4.69) is 4.90 Å². The standard InChI is InChI=1S/C20H26N4O5/c1-29-18(25)14-6-8-21(9-7-14)15-2-4-16(5-3-15)24-13-17-12-22(20(27)28)10-11-23(17)19(24)26/h2-5,14,17H,6-13H2,1H3,(H,27,28). The number of rotatable bonds is 3. The predicted octanol–water partition coefficient (Wildman–Crippen LogP) is 1.68. The topological polar surface area (TPSA) is 93.6 Å². The van der Waals surface area contributed by atoms with Gasteiger partial charge in [-0.2, -0.15) is 0 Å². The van der Waals surface area contributed by atoms with Crippen LogP contribution in [0.1, 0.15) is 12.8 Å². The summed E-state index contributed by atoms with van der Waals surface area (Å²) in [4.78, 5) is 42.8. The number of carbonyl (C=O) groups excluding carboxylic acids is 2. The molecule has 3 heterocycles. The van der Waals surface area contributed by atoms with Gasteiger partial charge in [0.05, 0.1) is 19.1 Å². The number of methoxy groups -OCH3 is 1. The van der Waals surface area contributed by atoms with Gasteiger partial charge in [0, 0.05) is 50.6 Å². The highest BCUT2D eigenvalue weighted by atomic mass is 16.5. The number of hydrogen-bond donors (Lipinski definition) is 1. The van der Waals surface area contributed by atoms with E-state index in [1.807, 2.05) is 24.3 Å². The van der Waals surface area contributed by atoms with Gasteiger partial charge in [-0.25, -0.2) is 9.59 Å². The minimum Gasteiger partial charge on any atom is -0.469 e. The Morgan fingerprint density at radius 1 is 1.00 bits per heavy atom. The molecule has 156 valence electrons. The van der Waals surface area contributed by atoms with Crippen LogP contribution < -0.4 is 9.80 Å². The maximum Gasteiger partial charge on any atom is 0.407 e. The van der Waals surface area contributed by atoms with Gasteiger partial charge in [-0.3, -0.25) is 9.69 Å². The molecule has 0 saturated carbocycles. The molecule has 29 heavy (non-hydrogen) atoms. The molecule has 0 radical (unpaired) electrons. The van der Waals surface area contributed by atoms with Gasteiger partial charge >= 0.3 is 18.1 Å². The Bertz CT molecular complexity index is 791. The second kappa shape index (κ2) is 7.81. The summed E-state index contributed by atoms with van der Waals surface area (Å²) in [6, 6.07) is 7.71. The van der Waals surface area contributed by atoms with Crippen molar-refractivity contribution in [3.05, 3.63) is 24.3 Å². The van der Waals surface area contributed by atoms with Gasteiger partial charge in [-0.15, -0.1) is 0 Å². The first-order valence-electron chi connectivity index (χ1n) is 9.96. The van der Waals surface area contributed by atoms with E-state index in [1.165, 1.54) is 12.0 Å². The summed E-state index contributed by atoms with van der Waals surface area (Å²) in [5, 5.41) is 9.20. The number of carbonyl (C=O) groups is 3. The molecule has 3 aliphatic heterocycles. The average Bonchev–Trinajstić information content (AvgIpc) is 3.09. The monoisotopic (exact) mass is 402 g/mol. The van der Waals surface area contributed by atoms with E-state index in [1.54, 1.807) is 9.80 Å². The molecule has 1 aromatic carbocycles. The van der Waals surface area contributed by atoms with Crippen LogP contribution in [0.15, 0.2) is 24.3 Å². The largest absolute Gasteiger partial charge is 0.469 e. The summed E-state index contributed by atoms with van der Waals surface area (Å²) >= 11 is 0. The van der Waals surface area contributed by atoms with E-state index in [-0.39, 0.29) is 24.0 Å². The van der Waals surface area contributed by atoms with Crippen molar-refractivity contribution in [3.63, 3.8) is 0 Å². The molecule has 1 aromatic rings. The molecule has 1 unspecified atom stereocenters. The second-order valence-electron chi connectivity index (χ2n) is 7.77. The Kier molecular flexibility index (Phi) is 5.21. The number of esters is 1. The maximum absolute atomic E-state index is 12.8. The fraction of sp³-hybridized carbons (Fsp3) is 0.550. The van der Waals surface area contributed by atoms with Crippen molar-refractivity contribution in [1.29, 1.82) is 0 Å². The summed E-state index contributed by atoms with van der Waals surface area (Å²) in [6.45, 7) is 3.22. The molecule has 9 heteroatoms. The molecule has 1 atom stereocenters. The number of amides is 3. The molecular formula is C20H26N4O5. The minimum absolute atomic E-state index is 0.0273. The van der Waals surface area contributed by atoms with E-state index >= 15 is 0 Å². The molecule has 3 amide bonds. The summed E-state index contributed by atoms with van der Waals surface area (Å²) in [5.74, 6) is -0.161. The van der Waals surface area contributed by atoms with Crippen molar-refractivity contribution >= 4 is 29.5 Å². The molecule has 0 aliphatic carbocycles. The van der Waals surface area contributed by atoms with Crippen LogP contribution in [0.3, 0.4) is 0 Å². The lowest BCUT2D eigenvalue weighted by molar-refractivity contribution is -0.146. The van der Waals surface area contributed by atoms with Gasteiger partial charge in [0.15, 0.2) is 0 Å². The summed E-state index contributed by atoms with van der Waals surface area (Å²) in [6.07, 6.45) is 0.613. The van der Waals surface area contributed by atoms with Crippen LogP contribution in [0.25, 0.3) is 0 Å². The Morgan fingerprint density at radius 2 is 1.66 bits per heavy atom. The van der Waals surface area contributed by atoms with Crippen molar-refractivity contribution in [1.82, 2.24) is 9.80 Å². The van der Waals surface area contributed by atoms with Crippen LogP contribution in [0, 0.1) is 5.92 Å². The number of hydrogen-bond acceptors (Lipinski definition) is 5. The number of urea groups is 1. The van der Waals surface area contributed by atoms with Crippen LogP contribution in [-0.4, -0.2) is 85.4 Å². The van der Waals surface area contributed by atoms with Crippen molar-refractivity contribution in [2.45, 2.75) is 18.9 Å². The lowest BCUT2D eigenvalue weighted by atomic mass is 9.96. The molecule has 3 saturated heterocycles. The Labute approximate surface area is 169 Å². The molecular weight excluding hydrogens is 376 g/mol. The van der Waals surface area contributed by atoms with E-state index in [9.17, 15) is 19.5 Å². The van der Waals surface area contributed by atoms with Gasteiger partial charge in [-0.05, 0) is 37.1 Å². The third kappa shape index (κ3) is 3.68. The first kappa shape index (κ1) is 19.4. The van der Waals surface area contributed by atoms with Crippen molar-refractivity contribution in [3.8, 4) is 0 Å². The zero-order chi connectivity index (χ0) is 20.5. The number of carboxylic acid groups (broad SMARTS) is 1. The zero-order valence-electron chi connectivity index (χ0n) is 16.5. The highest BCUT2D eigenvalue weighted by Crippen LogP contribution is 2.30. The third-order valence-electron chi connectivity index (χ3n) is 6.18. The van der Waals surface area contributed by atoms with E-state index < -0.39 is 6.09 Å². The Balaban J connectivity index is 1.39. The van der Waals surface area contributed by atoms with Gasteiger partial charge < -0.3 is 24.5 Å². The zero-order valence-corrected chi connectivity index (χ0v) is 16.5. The lowest BCUT2D eigenvalue weighted by Gasteiger charge is -2.34. The van der Waals surface area contributed by atoms with Gasteiger partial charge in [-0.1, -0.05) is 0 Å². The lowest BCUT2D eigenvalue weighted by Crippen LogP contribution is -2.53. The second-order valence-corrected chi connectivity index (χ2v) is 7.77. The number of ether oxygens (including phenoxy) is 1. The number of anilines is 2. The molecule has 1 N–H and O–H groups in total. The fourth-order valence-corrected chi connectivity index (χ4v) is 4.48. The molecule has 9 nitrogen and oxygen atoms in total. The van der Waals surface area contributed by atoms with E-state index in [4.69, 9.17) is 4.74 Å². The first-order valence-corrected chi connectivity index (χ1v) is 9.96. The third-order valence-corrected chi connectivity index (χ3v) is 6.18. The number of benzene rings is 1. The number of fused-ring (bicyclic) bond motifs is 1. The van der Waals surface area contributed by atoms with Crippen molar-refractivity contribution in [2.24, 2.45) is 5.92 Å². The SMILES string of the molecule is COC(=O)C1CCN(c2ccc(N3CC4CN(C(=O)O)CCN4C3=O)cc2)CC1. The first-order chi connectivity index (χ1) is 14.0. The highest BCUT2D eigenvalue weighted by Gasteiger charge is 2.42. The predicted molar refractivity (Wildman–Crippen MR) is 106 cm³/mol. The molecule has 3 fully saturated rings. The van der Waals surface area contributed by atoms with Gasteiger partial charge in [0.2, 0.25) is 0 Å². The van der Waals surface area contributed by atoms with Crippen molar-refractivity contribution < 1.29 is 24.2 Å². The van der Waals surface area contributed by atoms with Gasteiger partial charge in [0.25, 0.3) is 0 Å². The quantitative estimate of drug-likeness (QED) is 0.774. The fourth-order valence-electron chi connectivity index (χ4n) is 4.48. The maximum atomic E-state index is 12.8. The summed E-state index contributed by atoms with van der Waals surface area (Å²) < 4.78 is 4.84. The van der Waals surface area contributed by atoms with Crippen molar-refractivity contribution in [2.75, 3.05) is 56.2 Å². The molecule has 0 spiro atoms. The van der Waals surface area contributed by atoms with Crippen LogP contribution in [0.2, 0.25) is 0 Å². The van der Waals surface area contributed by atoms with Crippen LogP contribution in [0.5, 0.6) is 0 Å². The highest BCUT2D eigenvalue weighted by molar-refractivity contribution is 5.95. The molecule has 0 aromatic heterocycles. The Morgan fingerprint density at radius 3 is 2.28 bits per heavy atom. The summed E-state index contributed by atoms with van der Waals surface area (Å²) in [5.41, 5.74) is 1.89. The molecule has 4 rings (SSSR count). The van der Waals surface area contributed by atoms with Crippen LogP contribution in [-0.2, 0) is 9.53 Å². The van der Waals surface area contributed by atoms with Crippen LogP contribution >= 0.6 is 0 Å². The molecule has 3 aliphatic rings. The van der Waals surface area contributed by atoms with Crippen LogP contribution in [0.4, 0.5) is 21.0 Å². The minimum atomic E-state index is -0.934. The van der Waals surface area contributed by atoms with E-state index in [0.717, 1.165) is 37.3 Å². The number of nitrogens with zero attached hydrogens (tertiary/aromatic N) is 4. The van der Waals surface area contributed by atoms with Gasteiger partial charge in [0.1, 0.15) is 0 Å². The molecule has 0 bridgehead atoms. The normalized spacial score (nSPS) is 22.7. The number of piperazine rings is 1. The summed E-state index contributed by atoms with van der Waals surface area (Å²) in [7, 11) is 1.43. The average molecular weight is 402 g/mol. The number of piperidine rings is 1. The Hall–Kier alpha value is -2.97.